The molecule has 1 aromatic rings. The van der Waals surface area contributed by atoms with E-state index >= 15 is 0 Å². The third kappa shape index (κ3) is 2.93. The number of sulfonamides is 1. The maximum Gasteiger partial charge on any atom is 0.305 e. The van der Waals surface area contributed by atoms with Gasteiger partial charge in [-0.15, -0.1) is 0 Å². The molecule has 0 amide bonds. The minimum absolute atomic E-state index is 0.0535. The fourth-order valence-electron chi connectivity index (χ4n) is 2.57. The van der Waals surface area contributed by atoms with Crippen LogP contribution >= 0.6 is 11.3 Å². The number of aromatic amines is 1. The monoisotopic (exact) mass is 304 g/mol. The molecule has 7 heteroatoms. The molecule has 5 nitrogen and oxygen atoms in total. The van der Waals surface area contributed by atoms with E-state index in [9.17, 15) is 13.2 Å². The van der Waals surface area contributed by atoms with Gasteiger partial charge >= 0.3 is 4.87 Å². The summed E-state index contributed by atoms with van der Waals surface area (Å²) in [5, 5.41) is 0. The Hall–Kier alpha value is -0.660. The Morgan fingerprint density at radius 2 is 1.84 bits per heavy atom. The average Bonchev–Trinajstić information content (AvgIpc) is 2.69. The maximum atomic E-state index is 12.5. The summed E-state index contributed by atoms with van der Waals surface area (Å²) in [4.78, 5) is 13.5. The van der Waals surface area contributed by atoms with Crippen molar-refractivity contribution in [1.29, 1.82) is 0 Å². The predicted molar refractivity (Wildman–Crippen MR) is 76.0 cm³/mol. The quantitative estimate of drug-likeness (QED) is 0.928. The summed E-state index contributed by atoms with van der Waals surface area (Å²) >= 11 is 0.773. The number of hydrogen-bond acceptors (Lipinski definition) is 4. The van der Waals surface area contributed by atoms with Crippen LogP contribution < -0.4 is 4.87 Å². The number of nitrogens with one attached hydrogen (secondary N) is 1. The standard InChI is InChI=1S/C12H20N2O3S2/c1-8-4-6-10(7-5-8)14(3)19(16,17)11-9(2)13-12(15)18-11/h8,10H,4-7H2,1-3H3,(H,13,15). The minimum Gasteiger partial charge on any atom is -0.315 e. The van der Waals surface area contributed by atoms with E-state index in [1.54, 1.807) is 14.0 Å². The van der Waals surface area contributed by atoms with Crippen molar-refractivity contribution in [2.75, 3.05) is 7.05 Å². The number of rotatable bonds is 3. The van der Waals surface area contributed by atoms with Crippen molar-refractivity contribution >= 4 is 21.4 Å². The highest BCUT2D eigenvalue weighted by Gasteiger charge is 2.32. The number of thiazole rings is 1. The molecule has 0 aromatic carbocycles. The van der Waals surface area contributed by atoms with Gasteiger partial charge in [-0.05, 0) is 38.5 Å². The summed E-state index contributed by atoms with van der Waals surface area (Å²) in [7, 11) is -1.92. The van der Waals surface area contributed by atoms with E-state index in [1.165, 1.54) is 4.31 Å². The summed E-state index contributed by atoms with van der Waals surface area (Å²) in [5.74, 6) is 0.678. The molecule has 1 saturated carbocycles. The van der Waals surface area contributed by atoms with E-state index in [4.69, 9.17) is 0 Å². The number of aromatic nitrogens is 1. The predicted octanol–water partition coefficient (Wildman–Crippen LogP) is 1.94. The van der Waals surface area contributed by atoms with Gasteiger partial charge < -0.3 is 4.98 Å². The van der Waals surface area contributed by atoms with Gasteiger partial charge in [-0.2, -0.15) is 4.31 Å². The molecule has 0 aliphatic heterocycles. The summed E-state index contributed by atoms with van der Waals surface area (Å²) in [6.07, 6.45) is 3.92. The molecule has 1 fully saturated rings. The molecule has 0 saturated heterocycles. The Bertz CT molecular complexity index is 595. The van der Waals surface area contributed by atoms with Crippen LogP contribution in [0.3, 0.4) is 0 Å². The maximum absolute atomic E-state index is 12.5. The molecule has 108 valence electrons. The zero-order valence-electron chi connectivity index (χ0n) is 11.5. The first-order valence-electron chi connectivity index (χ1n) is 6.50. The van der Waals surface area contributed by atoms with Crippen LogP contribution in [0.15, 0.2) is 9.00 Å². The van der Waals surface area contributed by atoms with Crippen LogP contribution in [-0.2, 0) is 10.0 Å². The van der Waals surface area contributed by atoms with Crippen LogP contribution in [0.1, 0.15) is 38.3 Å². The lowest BCUT2D eigenvalue weighted by atomic mass is 9.87. The van der Waals surface area contributed by atoms with Gasteiger partial charge in [0.2, 0.25) is 0 Å². The zero-order chi connectivity index (χ0) is 14.2. The Morgan fingerprint density at radius 1 is 1.26 bits per heavy atom. The first-order chi connectivity index (χ1) is 8.82. The lowest BCUT2D eigenvalue weighted by Gasteiger charge is -2.32. The molecule has 1 aliphatic carbocycles. The SMILES string of the molecule is Cc1[nH]c(=O)sc1S(=O)(=O)N(C)C1CCC(C)CC1. The molecule has 1 N–H and O–H groups in total. The van der Waals surface area contributed by atoms with Gasteiger partial charge in [0.25, 0.3) is 10.0 Å². The van der Waals surface area contributed by atoms with Gasteiger partial charge in [0.05, 0.1) is 0 Å². The third-order valence-electron chi connectivity index (χ3n) is 3.89. The second-order valence-electron chi connectivity index (χ2n) is 5.36. The summed E-state index contributed by atoms with van der Waals surface area (Å²) < 4.78 is 26.7. The van der Waals surface area contributed by atoms with Gasteiger partial charge in [0.15, 0.2) is 4.21 Å². The minimum atomic E-state index is -3.55. The number of H-pyrrole nitrogens is 1. The van der Waals surface area contributed by atoms with Gasteiger partial charge in [0, 0.05) is 18.8 Å². The molecule has 1 heterocycles. The van der Waals surface area contributed by atoms with Crippen molar-refractivity contribution in [3.8, 4) is 0 Å². The molecule has 0 unspecified atom stereocenters. The summed E-state index contributed by atoms with van der Waals surface area (Å²) in [6.45, 7) is 3.83. The van der Waals surface area contributed by atoms with Crippen LogP contribution in [0.2, 0.25) is 0 Å². The van der Waals surface area contributed by atoms with Crippen LogP contribution in [-0.4, -0.2) is 30.8 Å². The number of nitrogens with zero attached hydrogens (tertiary/aromatic N) is 1. The van der Waals surface area contributed by atoms with Crippen molar-refractivity contribution in [3.05, 3.63) is 15.4 Å². The lowest BCUT2D eigenvalue weighted by molar-refractivity contribution is 0.246. The highest BCUT2D eigenvalue weighted by atomic mass is 32.2. The van der Waals surface area contributed by atoms with Gasteiger partial charge in [-0.3, -0.25) is 4.79 Å². The van der Waals surface area contributed by atoms with Crippen molar-refractivity contribution in [3.63, 3.8) is 0 Å². The Kier molecular flexibility index (Phi) is 4.17. The first kappa shape index (κ1) is 14.7. The molecule has 2 rings (SSSR count). The van der Waals surface area contributed by atoms with Crippen molar-refractivity contribution < 1.29 is 8.42 Å². The molecule has 19 heavy (non-hydrogen) atoms. The fourth-order valence-corrected chi connectivity index (χ4v) is 5.45. The molecule has 0 atom stereocenters. The van der Waals surface area contributed by atoms with E-state index in [0.29, 0.717) is 11.6 Å². The molecule has 0 spiro atoms. The molecule has 1 aromatic heterocycles. The van der Waals surface area contributed by atoms with Crippen LogP contribution in [0.25, 0.3) is 0 Å². The van der Waals surface area contributed by atoms with E-state index in [1.807, 2.05) is 0 Å². The molecule has 0 bridgehead atoms. The van der Waals surface area contributed by atoms with Gasteiger partial charge in [-0.1, -0.05) is 18.3 Å². The average molecular weight is 304 g/mol. The van der Waals surface area contributed by atoms with Crippen molar-refractivity contribution in [2.45, 2.75) is 49.8 Å². The smallest absolute Gasteiger partial charge is 0.305 e. The van der Waals surface area contributed by atoms with E-state index < -0.39 is 10.0 Å². The Morgan fingerprint density at radius 3 is 2.32 bits per heavy atom. The summed E-state index contributed by atoms with van der Waals surface area (Å²) in [5.41, 5.74) is 0.436. The van der Waals surface area contributed by atoms with Crippen LogP contribution in [0.4, 0.5) is 0 Å². The third-order valence-corrected chi connectivity index (χ3v) is 7.39. The fraction of sp³-hybridized carbons (Fsp3) is 0.750. The largest absolute Gasteiger partial charge is 0.315 e. The second-order valence-corrected chi connectivity index (χ2v) is 8.54. The highest BCUT2D eigenvalue weighted by molar-refractivity contribution is 7.91. The first-order valence-corrected chi connectivity index (χ1v) is 8.75. The van der Waals surface area contributed by atoms with Crippen LogP contribution in [0.5, 0.6) is 0 Å². The Balaban J connectivity index is 2.24. The number of aryl methyl sites for hydroxylation is 1. The normalized spacial score (nSPS) is 24.8. The second kappa shape index (κ2) is 5.38. The highest BCUT2D eigenvalue weighted by Crippen LogP contribution is 2.30. The van der Waals surface area contributed by atoms with E-state index in [-0.39, 0.29) is 15.1 Å². The molecular weight excluding hydrogens is 284 g/mol. The Labute approximate surface area is 117 Å². The molecule has 0 radical (unpaired) electrons. The van der Waals surface area contributed by atoms with E-state index in [2.05, 4.69) is 11.9 Å². The summed E-state index contributed by atoms with van der Waals surface area (Å²) in [6, 6.07) is 0.0535. The lowest BCUT2D eigenvalue weighted by Crippen LogP contribution is -2.39. The molecular formula is C12H20N2O3S2. The van der Waals surface area contributed by atoms with E-state index in [0.717, 1.165) is 37.0 Å². The number of hydrogen-bond donors (Lipinski definition) is 1. The zero-order valence-corrected chi connectivity index (χ0v) is 13.1. The topological polar surface area (TPSA) is 70.2 Å². The van der Waals surface area contributed by atoms with Gasteiger partial charge in [-0.25, -0.2) is 8.42 Å². The molecule has 1 aliphatic rings. The van der Waals surface area contributed by atoms with Crippen LogP contribution in [0, 0.1) is 12.8 Å². The van der Waals surface area contributed by atoms with Crippen molar-refractivity contribution in [2.24, 2.45) is 5.92 Å². The van der Waals surface area contributed by atoms with Gasteiger partial charge in [0.1, 0.15) is 0 Å². The van der Waals surface area contributed by atoms with Crippen molar-refractivity contribution in [1.82, 2.24) is 9.29 Å².